The van der Waals surface area contributed by atoms with Crippen molar-refractivity contribution in [3.05, 3.63) is 23.3 Å². The zero-order chi connectivity index (χ0) is 15.8. The highest BCUT2D eigenvalue weighted by atomic mass is 32.2. The van der Waals surface area contributed by atoms with Gasteiger partial charge >= 0.3 is 0 Å². The normalized spacial score (nSPS) is 24.0. The minimum absolute atomic E-state index is 0.405. The molecular formula is C16H25NO3S. The maximum atomic E-state index is 12.9. The van der Waals surface area contributed by atoms with E-state index in [4.69, 9.17) is 4.74 Å². The molecule has 0 amide bonds. The maximum absolute atomic E-state index is 12.9. The van der Waals surface area contributed by atoms with Crippen LogP contribution in [0.15, 0.2) is 17.0 Å². The van der Waals surface area contributed by atoms with E-state index in [2.05, 4.69) is 13.8 Å². The lowest BCUT2D eigenvalue weighted by Gasteiger charge is -2.34. The monoisotopic (exact) mass is 311 g/mol. The Bertz CT molecular complexity index is 615. The fourth-order valence-electron chi connectivity index (χ4n) is 3.21. The second kappa shape index (κ2) is 5.97. The summed E-state index contributed by atoms with van der Waals surface area (Å²) in [4.78, 5) is 0.405. The van der Waals surface area contributed by atoms with E-state index in [-0.39, 0.29) is 0 Å². The Kier molecular flexibility index (Phi) is 4.63. The molecule has 1 aliphatic rings. The van der Waals surface area contributed by atoms with Gasteiger partial charge in [0.1, 0.15) is 5.75 Å². The van der Waals surface area contributed by atoms with Crippen LogP contribution in [0.2, 0.25) is 0 Å². The van der Waals surface area contributed by atoms with Gasteiger partial charge in [0.15, 0.2) is 0 Å². The SMILES string of the molecule is COc1ccc(S(=O)(=O)N2C[C@H](C)C[C@@H](C)C2)c(C)c1C. The third-order valence-electron chi connectivity index (χ3n) is 4.36. The highest BCUT2D eigenvalue weighted by Crippen LogP contribution is 2.31. The second-order valence-electron chi connectivity index (χ2n) is 6.28. The van der Waals surface area contributed by atoms with Crippen molar-refractivity contribution < 1.29 is 13.2 Å². The lowest BCUT2D eigenvalue weighted by Crippen LogP contribution is -2.42. The van der Waals surface area contributed by atoms with Crippen molar-refractivity contribution in [1.29, 1.82) is 0 Å². The summed E-state index contributed by atoms with van der Waals surface area (Å²) >= 11 is 0. The Morgan fingerprint density at radius 2 is 1.67 bits per heavy atom. The van der Waals surface area contributed by atoms with Crippen molar-refractivity contribution in [3.8, 4) is 5.75 Å². The average molecular weight is 311 g/mol. The van der Waals surface area contributed by atoms with Crippen LogP contribution in [0.3, 0.4) is 0 Å². The van der Waals surface area contributed by atoms with E-state index in [0.717, 1.165) is 23.3 Å². The van der Waals surface area contributed by atoms with Crippen LogP contribution in [0, 0.1) is 25.7 Å². The molecular weight excluding hydrogens is 286 g/mol. The summed E-state index contributed by atoms with van der Waals surface area (Å²) in [5.74, 6) is 1.54. The zero-order valence-corrected chi connectivity index (χ0v) is 14.3. The third kappa shape index (κ3) is 3.09. The van der Waals surface area contributed by atoms with Crippen LogP contribution >= 0.6 is 0 Å². The summed E-state index contributed by atoms with van der Waals surface area (Å²) in [7, 11) is -1.83. The number of hydrogen-bond donors (Lipinski definition) is 0. The standard InChI is InChI=1S/C16H25NO3S/c1-11-8-12(2)10-17(9-11)21(18,19)16-7-6-15(20-5)13(3)14(16)4/h6-7,11-12H,8-10H2,1-5H3/t11-,12-/m1/s1. The first-order valence-electron chi connectivity index (χ1n) is 7.41. The van der Waals surface area contributed by atoms with E-state index in [9.17, 15) is 8.42 Å². The molecule has 0 radical (unpaired) electrons. The summed E-state index contributed by atoms with van der Waals surface area (Å²) in [6, 6.07) is 3.41. The van der Waals surface area contributed by atoms with Gasteiger partial charge in [0.05, 0.1) is 12.0 Å². The van der Waals surface area contributed by atoms with Gasteiger partial charge in [0.2, 0.25) is 10.0 Å². The Balaban J connectivity index is 2.42. The predicted octanol–water partition coefficient (Wildman–Crippen LogP) is 2.98. The Morgan fingerprint density at radius 1 is 1.10 bits per heavy atom. The summed E-state index contributed by atoms with van der Waals surface area (Å²) in [6.45, 7) is 9.19. The first kappa shape index (κ1) is 16.3. The molecule has 0 aliphatic carbocycles. The van der Waals surface area contributed by atoms with E-state index >= 15 is 0 Å². The quantitative estimate of drug-likeness (QED) is 0.862. The molecule has 0 spiro atoms. The largest absolute Gasteiger partial charge is 0.496 e. The number of hydrogen-bond acceptors (Lipinski definition) is 3. The third-order valence-corrected chi connectivity index (χ3v) is 6.34. The molecule has 118 valence electrons. The van der Waals surface area contributed by atoms with Crippen molar-refractivity contribution in [1.82, 2.24) is 4.31 Å². The van der Waals surface area contributed by atoms with E-state index in [0.29, 0.717) is 29.8 Å². The first-order valence-corrected chi connectivity index (χ1v) is 8.85. The molecule has 0 N–H and O–H groups in total. The van der Waals surface area contributed by atoms with Gasteiger partial charge in [-0.15, -0.1) is 0 Å². The fraction of sp³-hybridized carbons (Fsp3) is 0.625. The van der Waals surface area contributed by atoms with Crippen molar-refractivity contribution in [2.45, 2.75) is 39.0 Å². The number of ether oxygens (including phenoxy) is 1. The molecule has 1 aromatic rings. The van der Waals surface area contributed by atoms with Gasteiger partial charge in [-0.05, 0) is 55.4 Å². The topological polar surface area (TPSA) is 46.6 Å². The molecule has 0 bridgehead atoms. The smallest absolute Gasteiger partial charge is 0.243 e. The predicted molar refractivity (Wildman–Crippen MR) is 84.2 cm³/mol. The Hall–Kier alpha value is -1.07. The summed E-state index contributed by atoms with van der Waals surface area (Å²) in [5, 5.41) is 0. The molecule has 0 aromatic heterocycles. The first-order chi connectivity index (χ1) is 9.77. The number of rotatable bonds is 3. The lowest BCUT2D eigenvalue weighted by atomic mass is 9.94. The van der Waals surface area contributed by atoms with E-state index in [1.165, 1.54) is 0 Å². The number of benzene rings is 1. The summed E-state index contributed by atoms with van der Waals surface area (Å²) in [6.07, 6.45) is 1.09. The molecule has 1 aliphatic heterocycles. The van der Waals surface area contributed by atoms with Gasteiger partial charge in [0, 0.05) is 13.1 Å². The molecule has 1 heterocycles. The molecule has 0 saturated carbocycles. The molecule has 2 rings (SSSR count). The number of methoxy groups -OCH3 is 1. The average Bonchev–Trinajstić information content (AvgIpc) is 2.40. The van der Waals surface area contributed by atoms with Crippen molar-refractivity contribution in [2.24, 2.45) is 11.8 Å². The van der Waals surface area contributed by atoms with Crippen LogP contribution in [0.1, 0.15) is 31.4 Å². The molecule has 1 fully saturated rings. The molecule has 4 nitrogen and oxygen atoms in total. The minimum atomic E-state index is -3.43. The maximum Gasteiger partial charge on any atom is 0.243 e. The van der Waals surface area contributed by atoms with E-state index in [1.54, 1.807) is 23.5 Å². The lowest BCUT2D eigenvalue weighted by molar-refractivity contribution is 0.222. The van der Waals surface area contributed by atoms with Crippen LogP contribution in [0.4, 0.5) is 0 Å². The molecule has 1 saturated heterocycles. The molecule has 5 heteroatoms. The fourth-order valence-corrected chi connectivity index (χ4v) is 5.17. The van der Waals surface area contributed by atoms with Crippen LogP contribution in [-0.2, 0) is 10.0 Å². The van der Waals surface area contributed by atoms with Crippen molar-refractivity contribution >= 4 is 10.0 Å². The minimum Gasteiger partial charge on any atom is -0.496 e. The van der Waals surface area contributed by atoms with Crippen LogP contribution in [0.5, 0.6) is 5.75 Å². The highest BCUT2D eigenvalue weighted by Gasteiger charge is 2.32. The van der Waals surface area contributed by atoms with Gasteiger partial charge in [-0.3, -0.25) is 0 Å². The number of piperidine rings is 1. The highest BCUT2D eigenvalue weighted by molar-refractivity contribution is 7.89. The number of nitrogens with zero attached hydrogens (tertiary/aromatic N) is 1. The summed E-state index contributed by atoms with van der Waals surface area (Å²) < 4.78 is 32.8. The molecule has 1 aromatic carbocycles. The van der Waals surface area contributed by atoms with Gasteiger partial charge in [-0.2, -0.15) is 4.31 Å². The number of sulfonamides is 1. The molecule has 2 atom stereocenters. The molecule has 21 heavy (non-hydrogen) atoms. The van der Waals surface area contributed by atoms with Gasteiger partial charge in [-0.25, -0.2) is 8.42 Å². The zero-order valence-electron chi connectivity index (χ0n) is 13.5. The van der Waals surface area contributed by atoms with Gasteiger partial charge < -0.3 is 4.74 Å². The Morgan fingerprint density at radius 3 is 2.19 bits per heavy atom. The van der Waals surface area contributed by atoms with Crippen LogP contribution in [-0.4, -0.2) is 32.9 Å². The van der Waals surface area contributed by atoms with Crippen molar-refractivity contribution in [2.75, 3.05) is 20.2 Å². The second-order valence-corrected chi connectivity index (χ2v) is 8.19. The Labute approximate surface area is 128 Å². The van der Waals surface area contributed by atoms with Gasteiger partial charge in [-0.1, -0.05) is 13.8 Å². The van der Waals surface area contributed by atoms with Gasteiger partial charge in [0.25, 0.3) is 0 Å². The molecule has 0 unspecified atom stereocenters. The van der Waals surface area contributed by atoms with E-state index in [1.807, 2.05) is 13.8 Å². The van der Waals surface area contributed by atoms with E-state index < -0.39 is 10.0 Å². The van der Waals surface area contributed by atoms with Crippen molar-refractivity contribution in [3.63, 3.8) is 0 Å². The summed E-state index contributed by atoms with van der Waals surface area (Å²) in [5.41, 5.74) is 1.66. The van der Waals surface area contributed by atoms with Crippen LogP contribution in [0.25, 0.3) is 0 Å². The van der Waals surface area contributed by atoms with Crippen LogP contribution < -0.4 is 4.74 Å².